The van der Waals surface area contributed by atoms with Gasteiger partial charge >= 0.3 is 0 Å². The van der Waals surface area contributed by atoms with Crippen molar-refractivity contribution in [1.82, 2.24) is 19.5 Å². The molecule has 0 N–H and O–H groups in total. The molecular formula is C13H18N4O3S. The number of nitrogens with zero attached hydrogens (tertiary/aromatic N) is 4. The molecule has 0 saturated carbocycles. The van der Waals surface area contributed by atoms with Gasteiger partial charge in [0.25, 0.3) is 0 Å². The van der Waals surface area contributed by atoms with Crippen LogP contribution in [0.15, 0.2) is 27.7 Å². The normalized spacial score (nSPS) is 18.3. The zero-order valence-corrected chi connectivity index (χ0v) is 12.7. The molecule has 7 nitrogen and oxygen atoms in total. The molecule has 1 aliphatic heterocycles. The highest BCUT2D eigenvalue weighted by atomic mass is 32.2. The second-order valence-corrected chi connectivity index (χ2v) is 7.04. The standard InChI is InChI=1S/C13H18N4O3S/c1-2-6-16-7-9-17(10-8-16)21(18,19)12-5-3-4-11-13(12)15-20-14-11/h3-5H,2,6-10H2,1H3. The molecule has 0 bridgehead atoms. The van der Waals surface area contributed by atoms with Gasteiger partial charge in [-0.25, -0.2) is 13.0 Å². The van der Waals surface area contributed by atoms with E-state index in [2.05, 4.69) is 26.8 Å². The van der Waals surface area contributed by atoms with Crippen molar-refractivity contribution in [3.8, 4) is 0 Å². The molecule has 1 aliphatic rings. The second-order valence-electron chi connectivity index (χ2n) is 5.13. The largest absolute Gasteiger partial charge is 0.301 e. The Hall–Kier alpha value is -1.51. The average Bonchev–Trinajstić information content (AvgIpc) is 2.96. The monoisotopic (exact) mass is 310 g/mol. The molecule has 0 spiro atoms. The predicted molar refractivity (Wildman–Crippen MR) is 77.3 cm³/mol. The summed E-state index contributed by atoms with van der Waals surface area (Å²) in [6.07, 6.45) is 1.08. The number of hydrogen-bond acceptors (Lipinski definition) is 6. The van der Waals surface area contributed by atoms with Gasteiger partial charge in [0, 0.05) is 26.2 Å². The van der Waals surface area contributed by atoms with Crippen LogP contribution in [0.25, 0.3) is 11.0 Å². The zero-order valence-electron chi connectivity index (χ0n) is 11.9. The number of fused-ring (bicyclic) bond motifs is 1. The third-order valence-corrected chi connectivity index (χ3v) is 5.67. The molecule has 1 aromatic carbocycles. The average molecular weight is 310 g/mol. The minimum atomic E-state index is -3.55. The first-order valence-electron chi connectivity index (χ1n) is 7.06. The number of piperazine rings is 1. The summed E-state index contributed by atoms with van der Waals surface area (Å²) in [6.45, 7) is 5.67. The van der Waals surface area contributed by atoms with E-state index < -0.39 is 10.0 Å². The predicted octanol–water partition coefficient (Wildman–Crippen LogP) is 0.939. The number of benzene rings is 1. The van der Waals surface area contributed by atoms with Crippen LogP contribution < -0.4 is 0 Å². The number of aromatic nitrogens is 2. The molecule has 1 fully saturated rings. The number of sulfonamides is 1. The van der Waals surface area contributed by atoms with E-state index in [-0.39, 0.29) is 4.90 Å². The lowest BCUT2D eigenvalue weighted by atomic mass is 10.3. The van der Waals surface area contributed by atoms with Crippen molar-refractivity contribution in [2.75, 3.05) is 32.7 Å². The second kappa shape index (κ2) is 5.70. The summed E-state index contributed by atoms with van der Waals surface area (Å²) in [4.78, 5) is 2.45. The fraction of sp³-hybridized carbons (Fsp3) is 0.538. The summed E-state index contributed by atoms with van der Waals surface area (Å²) in [7, 11) is -3.55. The SMILES string of the molecule is CCCN1CCN(S(=O)(=O)c2cccc3nonc23)CC1. The van der Waals surface area contributed by atoms with E-state index in [1.807, 2.05) is 0 Å². The lowest BCUT2D eigenvalue weighted by molar-refractivity contribution is 0.189. The van der Waals surface area contributed by atoms with Crippen LogP contribution in [-0.2, 0) is 10.0 Å². The Balaban J connectivity index is 1.86. The maximum atomic E-state index is 12.8. The quantitative estimate of drug-likeness (QED) is 0.836. The third kappa shape index (κ3) is 2.66. The van der Waals surface area contributed by atoms with Crippen LogP contribution in [0.2, 0.25) is 0 Å². The molecule has 3 rings (SSSR count). The molecule has 2 aromatic rings. The molecule has 2 heterocycles. The van der Waals surface area contributed by atoms with Crippen LogP contribution in [0.4, 0.5) is 0 Å². The lowest BCUT2D eigenvalue weighted by Crippen LogP contribution is -2.48. The highest BCUT2D eigenvalue weighted by Crippen LogP contribution is 2.24. The molecule has 8 heteroatoms. The minimum absolute atomic E-state index is 0.171. The van der Waals surface area contributed by atoms with Gasteiger partial charge in [-0.3, -0.25) is 0 Å². The number of hydrogen-bond donors (Lipinski definition) is 0. The summed E-state index contributed by atoms with van der Waals surface area (Å²) in [5, 5.41) is 7.42. The van der Waals surface area contributed by atoms with E-state index in [9.17, 15) is 8.42 Å². The van der Waals surface area contributed by atoms with Crippen LogP contribution in [0.1, 0.15) is 13.3 Å². The molecule has 21 heavy (non-hydrogen) atoms. The highest BCUT2D eigenvalue weighted by molar-refractivity contribution is 7.89. The van der Waals surface area contributed by atoms with Gasteiger partial charge in [0.1, 0.15) is 10.4 Å². The Labute approximate surface area is 123 Å². The van der Waals surface area contributed by atoms with Crippen molar-refractivity contribution in [2.45, 2.75) is 18.2 Å². The maximum absolute atomic E-state index is 12.8. The fourth-order valence-electron chi connectivity index (χ4n) is 2.64. The Morgan fingerprint density at radius 1 is 1.19 bits per heavy atom. The van der Waals surface area contributed by atoms with Gasteiger partial charge in [-0.05, 0) is 35.4 Å². The van der Waals surface area contributed by atoms with Gasteiger partial charge in [-0.15, -0.1) is 0 Å². The molecule has 114 valence electrons. The Morgan fingerprint density at radius 2 is 1.95 bits per heavy atom. The van der Waals surface area contributed by atoms with Crippen LogP contribution >= 0.6 is 0 Å². The first kappa shape index (κ1) is 14.4. The fourth-order valence-corrected chi connectivity index (χ4v) is 4.20. The van der Waals surface area contributed by atoms with Crippen LogP contribution in [-0.4, -0.2) is 60.7 Å². The van der Waals surface area contributed by atoms with Crippen molar-refractivity contribution >= 4 is 21.1 Å². The Bertz CT molecular complexity index is 720. The van der Waals surface area contributed by atoms with Gasteiger partial charge < -0.3 is 4.90 Å². The summed E-state index contributed by atoms with van der Waals surface area (Å²) in [6, 6.07) is 4.90. The van der Waals surface area contributed by atoms with Crippen LogP contribution in [0, 0.1) is 0 Å². The molecule has 0 radical (unpaired) electrons. The van der Waals surface area contributed by atoms with E-state index in [4.69, 9.17) is 0 Å². The smallest absolute Gasteiger partial charge is 0.245 e. The topological polar surface area (TPSA) is 79.5 Å². The maximum Gasteiger partial charge on any atom is 0.245 e. The summed E-state index contributed by atoms with van der Waals surface area (Å²) < 4.78 is 31.7. The van der Waals surface area contributed by atoms with Crippen LogP contribution in [0.3, 0.4) is 0 Å². The molecule has 1 aromatic heterocycles. The molecule has 0 aliphatic carbocycles. The van der Waals surface area contributed by atoms with Crippen molar-refractivity contribution < 1.29 is 13.0 Å². The van der Waals surface area contributed by atoms with E-state index >= 15 is 0 Å². The molecule has 0 atom stereocenters. The van der Waals surface area contributed by atoms with E-state index in [0.29, 0.717) is 24.1 Å². The lowest BCUT2D eigenvalue weighted by Gasteiger charge is -2.33. The summed E-state index contributed by atoms with van der Waals surface area (Å²) in [5.74, 6) is 0. The molecule has 0 unspecified atom stereocenters. The van der Waals surface area contributed by atoms with Gasteiger partial charge in [0.15, 0.2) is 5.52 Å². The van der Waals surface area contributed by atoms with Gasteiger partial charge in [-0.2, -0.15) is 4.31 Å². The first-order valence-corrected chi connectivity index (χ1v) is 8.50. The van der Waals surface area contributed by atoms with Gasteiger partial charge in [0.2, 0.25) is 10.0 Å². The van der Waals surface area contributed by atoms with E-state index in [1.165, 1.54) is 4.31 Å². The van der Waals surface area contributed by atoms with Crippen molar-refractivity contribution in [1.29, 1.82) is 0 Å². The van der Waals surface area contributed by atoms with E-state index in [1.54, 1.807) is 18.2 Å². The summed E-state index contributed by atoms with van der Waals surface area (Å²) in [5.41, 5.74) is 0.759. The minimum Gasteiger partial charge on any atom is -0.301 e. The van der Waals surface area contributed by atoms with Crippen molar-refractivity contribution in [2.24, 2.45) is 0 Å². The number of rotatable bonds is 4. The Kier molecular flexibility index (Phi) is 3.92. The Morgan fingerprint density at radius 3 is 2.67 bits per heavy atom. The molecular weight excluding hydrogens is 292 g/mol. The van der Waals surface area contributed by atoms with Crippen molar-refractivity contribution in [3.05, 3.63) is 18.2 Å². The third-order valence-electron chi connectivity index (χ3n) is 3.74. The summed E-state index contributed by atoms with van der Waals surface area (Å²) >= 11 is 0. The van der Waals surface area contributed by atoms with Crippen LogP contribution in [0.5, 0.6) is 0 Å². The molecule has 1 saturated heterocycles. The van der Waals surface area contributed by atoms with Gasteiger partial charge in [0.05, 0.1) is 0 Å². The zero-order chi connectivity index (χ0) is 14.9. The van der Waals surface area contributed by atoms with Gasteiger partial charge in [-0.1, -0.05) is 13.0 Å². The van der Waals surface area contributed by atoms with E-state index in [0.717, 1.165) is 26.1 Å². The molecule has 0 amide bonds. The highest BCUT2D eigenvalue weighted by Gasteiger charge is 2.30. The first-order chi connectivity index (χ1) is 10.1. The van der Waals surface area contributed by atoms with Crippen molar-refractivity contribution in [3.63, 3.8) is 0 Å².